The minimum atomic E-state index is -0.775. The highest BCUT2D eigenvalue weighted by molar-refractivity contribution is 5.71. The summed E-state index contributed by atoms with van der Waals surface area (Å²) in [6.45, 7) is 6.71. The number of carbonyl (C=O) groups is 3. The Hall–Kier alpha value is -2.11. The van der Waals surface area contributed by atoms with Gasteiger partial charge in [-0.15, -0.1) is 0 Å². The van der Waals surface area contributed by atoms with Crippen LogP contribution in [0.25, 0.3) is 0 Å². The molecule has 0 fully saturated rings. The van der Waals surface area contributed by atoms with Gasteiger partial charge >= 0.3 is 17.9 Å². The van der Waals surface area contributed by atoms with E-state index in [9.17, 15) is 14.4 Å². The maximum absolute atomic E-state index is 12.9. The Bertz CT molecular complexity index is 1290. The molecule has 0 bridgehead atoms. The van der Waals surface area contributed by atoms with Crippen molar-refractivity contribution >= 4 is 17.9 Å². The van der Waals surface area contributed by atoms with E-state index in [1.54, 1.807) is 0 Å². The van der Waals surface area contributed by atoms with Crippen molar-refractivity contribution in [2.75, 3.05) is 13.2 Å². The number of hydrogen-bond acceptors (Lipinski definition) is 6. The SMILES string of the molecule is CCCCCCCC/C=C\CCCCCCCCCC(=O)OC(COC(=O)CCCCCCC/C=C\CCCCCCCCC)COC(=O)CCCCCCCCCCCCCCCCCCCCCCCCCCCCCCC. The number of ether oxygens (including phenoxy) is 3. The van der Waals surface area contributed by atoms with E-state index in [-0.39, 0.29) is 31.1 Å². The number of rotatable bonds is 68. The van der Waals surface area contributed by atoms with Crippen LogP contribution < -0.4 is 0 Å². The van der Waals surface area contributed by atoms with Crippen molar-refractivity contribution in [3.8, 4) is 0 Å². The van der Waals surface area contributed by atoms with Gasteiger partial charge in [0.15, 0.2) is 6.10 Å². The van der Waals surface area contributed by atoms with Crippen LogP contribution in [0, 0.1) is 0 Å². The quantitative estimate of drug-likeness (QED) is 0.0261. The highest BCUT2D eigenvalue weighted by atomic mass is 16.6. The molecule has 0 aromatic carbocycles. The van der Waals surface area contributed by atoms with Gasteiger partial charge in [-0.2, -0.15) is 0 Å². The summed E-state index contributed by atoms with van der Waals surface area (Å²) in [6.07, 6.45) is 85.1. The largest absolute Gasteiger partial charge is 0.462 e. The highest BCUT2D eigenvalue weighted by Gasteiger charge is 2.19. The van der Waals surface area contributed by atoms with Crippen LogP contribution in [0.15, 0.2) is 24.3 Å². The number of esters is 3. The molecule has 1 unspecified atom stereocenters. The van der Waals surface area contributed by atoms with Crippen molar-refractivity contribution < 1.29 is 28.6 Å². The molecule has 0 amide bonds. The Morgan fingerprint density at radius 3 is 0.625 bits per heavy atom. The number of allylic oxidation sites excluding steroid dienone is 4. The lowest BCUT2D eigenvalue weighted by Crippen LogP contribution is -2.30. The Balaban J connectivity index is 4.19. The summed E-state index contributed by atoms with van der Waals surface area (Å²) < 4.78 is 17.0. The van der Waals surface area contributed by atoms with E-state index in [4.69, 9.17) is 14.2 Å². The summed E-state index contributed by atoms with van der Waals surface area (Å²) >= 11 is 0. The average molecular weight is 1130 g/mol. The van der Waals surface area contributed by atoms with Crippen LogP contribution in [-0.4, -0.2) is 37.2 Å². The molecule has 0 rings (SSSR count). The summed E-state index contributed by atoms with van der Waals surface area (Å²) in [7, 11) is 0. The molecule has 6 nitrogen and oxygen atoms in total. The van der Waals surface area contributed by atoms with Gasteiger partial charge in [0.05, 0.1) is 0 Å². The molecule has 0 spiro atoms. The van der Waals surface area contributed by atoms with Crippen LogP contribution in [0.3, 0.4) is 0 Å². The van der Waals surface area contributed by atoms with Crippen molar-refractivity contribution in [2.45, 2.75) is 419 Å². The Kier molecular flexibility index (Phi) is 67.6. The molecule has 0 saturated carbocycles. The lowest BCUT2D eigenvalue weighted by Gasteiger charge is -2.18. The van der Waals surface area contributed by atoms with Gasteiger partial charge in [-0.3, -0.25) is 14.4 Å². The smallest absolute Gasteiger partial charge is 0.306 e. The first-order valence-electron chi connectivity index (χ1n) is 36.3. The van der Waals surface area contributed by atoms with E-state index in [1.807, 2.05) is 0 Å². The molecular formula is C74H140O6. The van der Waals surface area contributed by atoms with E-state index in [2.05, 4.69) is 45.1 Å². The number of carbonyl (C=O) groups excluding carboxylic acids is 3. The van der Waals surface area contributed by atoms with E-state index < -0.39 is 6.10 Å². The molecule has 0 radical (unpaired) electrons. The van der Waals surface area contributed by atoms with Gasteiger partial charge in [0.25, 0.3) is 0 Å². The first-order chi connectivity index (χ1) is 39.5. The molecule has 0 aromatic rings. The molecule has 0 aliphatic heterocycles. The zero-order chi connectivity index (χ0) is 57.8. The summed E-state index contributed by atoms with van der Waals surface area (Å²) in [5, 5.41) is 0. The van der Waals surface area contributed by atoms with Gasteiger partial charge in [0.2, 0.25) is 0 Å². The monoisotopic (exact) mass is 1130 g/mol. The third-order valence-electron chi connectivity index (χ3n) is 16.7. The minimum absolute atomic E-state index is 0.0703. The first kappa shape index (κ1) is 77.9. The standard InChI is InChI=1S/C74H140O6/c1-4-7-10-13-16-19-22-25-28-31-32-33-34-35-36-37-38-39-40-41-42-44-46-49-52-55-58-61-64-67-73(76)79-70-71(69-78-72(75)66-63-60-57-54-51-48-45-30-27-24-21-18-15-12-9-6-3)80-74(77)68-65-62-59-56-53-50-47-43-29-26-23-20-17-14-11-8-5-2/h26,29-30,45,71H,4-25,27-28,31-44,46-70H2,1-3H3/b29-26-,45-30-. The van der Waals surface area contributed by atoms with Gasteiger partial charge < -0.3 is 14.2 Å². The summed E-state index contributed by atoms with van der Waals surface area (Å²) in [6, 6.07) is 0. The molecule has 472 valence electrons. The molecule has 0 aromatic heterocycles. The molecule has 0 saturated heterocycles. The number of unbranched alkanes of at least 4 members (excludes halogenated alkanes) is 53. The minimum Gasteiger partial charge on any atom is -0.462 e. The summed E-state index contributed by atoms with van der Waals surface area (Å²) in [5.41, 5.74) is 0. The van der Waals surface area contributed by atoms with Crippen LogP contribution in [0.1, 0.15) is 412 Å². The zero-order valence-corrected chi connectivity index (χ0v) is 54.4. The molecule has 0 heterocycles. The summed E-state index contributed by atoms with van der Waals surface area (Å²) in [5.74, 6) is -0.852. The maximum Gasteiger partial charge on any atom is 0.306 e. The van der Waals surface area contributed by atoms with Gasteiger partial charge in [0.1, 0.15) is 13.2 Å². The predicted octanol–water partition coefficient (Wildman–Crippen LogP) is 25.0. The van der Waals surface area contributed by atoms with Crippen molar-refractivity contribution in [3.63, 3.8) is 0 Å². The number of hydrogen-bond donors (Lipinski definition) is 0. The van der Waals surface area contributed by atoms with Gasteiger partial charge in [-0.1, -0.05) is 347 Å². The normalized spacial score (nSPS) is 12.1. The second-order valence-corrected chi connectivity index (χ2v) is 24.9. The first-order valence-corrected chi connectivity index (χ1v) is 36.3. The Morgan fingerprint density at radius 2 is 0.412 bits per heavy atom. The van der Waals surface area contributed by atoms with Crippen molar-refractivity contribution in [1.82, 2.24) is 0 Å². The fraction of sp³-hybridized carbons (Fsp3) is 0.905. The van der Waals surface area contributed by atoms with Crippen molar-refractivity contribution in [1.29, 1.82) is 0 Å². The molecule has 80 heavy (non-hydrogen) atoms. The lowest BCUT2D eigenvalue weighted by molar-refractivity contribution is -0.167. The van der Waals surface area contributed by atoms with Crippen LogP contribution in [-0.2, 0) is 28.6 Å². The van der Waals surface area contributed by atoms with E-state index >= 15 is 0 Å². The Labute approximate surface area is 500 Å². The van der Waals surface area contributed by atoms with Gasteiger partial charge in [-0.05, 0) is 70.6 Å². The lowest BCUT2D eigenvalue weighted by atomic mass is 10.0. The van der Waals surface area contributed by atoms with Crippen LogP contribution in [0.5, 0.6) is 0 Å². The van der Waals surface area contributed by atoms with Crippen LogP contribution in [0.4, 0.5) is 0 Å². The molecule has 0 N–H and O–H groups in total. The zero-order valence-electron chi connectivity index (χ0n) is 54.4. The fourth-order valence-corrected chi connectivity index (χ4v) is 11.2. The highest BCUT2D eigenvalue weighted by Crippen LogP contribution is 2.19. The third kappa shape index (κ3) is 66.7. The van der Waals surface area contributed by atoms with Crippen LogP contribution >= 0.6 is 0 Å². The average Bonchev–Trinajstić information content (AvgIpc) is 3.46. The predicted molar refractivity (Wildman–Crippen MR) is 349 cm³/mol. The van der Waals surface area contributed by atoms with Gasteiger partial charge in [-0.25, -0.2) is 0 Å². The van der Waals surface area contributed by atoms with E-state index in [0.29, 0.717) is 19.3 Å². The van der Waals surface area contributed by atoms with Crippen molar-refractivity contribution in [3.05, 3.63) is 24.3 Å². The molecule has 0 aliphatic rings. The molecule has 0 aliphatic carbocycles. The van der Waals surface area contributed by atoms with E-state index in [0.717, 1.165) is 64.2 Å². The molecule has 1 atom stereocenters. The van der Waals surface area contributed by atoms with E-state index in [1.165, 1.54) is 308 Å². The topological polar surface area (TPSA) is 78.9 Å². The second-order valence-electron chi connectivity index (χ2n) is 24.9. The molecular weight excluding hydrogens is 985 g/mol. The summed E-state index contributed by atoms with van der Waals surface area (Å²) in [4.78, 5) is 38.4. The van der Waals surface area contributed by atoms with Crippen LogP contribution in [0.2, 0.25) is 0 Å². The molecule has 6 heteroatoms. The fourth-order valence-electron chi connectivity index (χ4n) is 11.2. The van der Waals surface area contributed by atoms with Crippen molar-refractivity contribution in [2.24, 2.45) is 0 Å². The second kappa shape index (κ2) is 69.4. The maximum atomic E-state index is 12.9. The third-order valence-corrected chi connectivity index (χ3v) is 16.7. The Morgan fingerprint density at radius 1 is 0.237 bits per heavy atom. The van der Waals surface area contributed by atoms with Gasteiger partial charge in [0, 0.05) is 19.3 Å².